The van der Waals surface area contributed by atoms with Gasteiger partial charge in [-0.05, 0) is 48.6 Å². The maximum Gasteiger partial charge on any atom is 0.297 e. The molecule has 0 saturated carbocycles. The molecule has 1 fully saturated rings. The van der Waals surface area contributed by atoms with Crippen LogP contribution in [0.5, 0.6) is 0 Å². The van der Waals surface area contributed by atoms with Crippen LogP contribution in [-0.2, 0) is 16.0 Å². The first-order valence-corrected chi connectivity index (χ1v) is 11.1. The zero-order chi connectivity index (χ0) is 23.7. The molecule has 2 unspecified atom stereocenters. The van der Waals surface area contributed by atoms with Gasteiger partial charge < -0.3 is 0 Å². The Bertz CT molecular complexity index is 1190. The Morgan fingerprint density at radius 2 is 1.73 bits per heavy atom. The van der Waals surface area contributed by atoms with E-state index >= 15 is 0 Å². The van der Waals surface area contributed by atoms with E-state index in [-0.39, 0.29) is 5.82 Å². The lowest BCUT2D eigenvalue weighted by Crippen LogP contribution is -2.32. The molecule has 3 aromatic rings. The topological polar surface area (TPSA) is 93.1 Å². The highest BCUT2D eigenvalue weighted by molar-refractivity contribution is 6.48. The molecule has 1 saturated heterocycles. The third-order valence-electron chi connectivity index (χ3n) is 6.04. The number of amides is 1. The maximum absolute atomic E-state index is 13.6. The summed E-state index contributed by atoms with van der Waals surface area (Å²) in [6, 6.07) is 13.3. The highest BCUT2D eigenvalue weighted by Gasteiger charge is 2.53. The molecule has 0 aliphatic carbocycles. The fourth-order valence-electron chi connectivity index (χ4n) is 4.03. The van der Waals surface area contributed by atoms with E-state index in [0.29, 0.717) is 22.9 Å². The number of Topliss-reactive ketones (excluding diaryl/α,β-unsaturated/α-hetero) is 2. The van der Waals surface area contributed by atoms with Crippen LogP contribution in [0.1, 0.15) is 65.6 Å². The molecule has 1 amide bonds. The van der Waals surface area contributed by atoms with Crippen molar-refractivity contribution in [3.63, 3.8) is 0 Å². The lowest BCUT2D eigenvalue weighted by molar-refractivity contribution is -0.135. The number of carbonyl (C=O) groups is 3. The summed E-state index contributed by atoms with van der Waals surface area (Å²) in [5.74, 6) is -2.63. The van der Waals surface area contributed by atoms with Gasteiger partial charge in [-0.1, -0.05) is 51.1 Å². The molecule has 168 valence electrons. The zero-order valence-corrected chi connectivity index (χ0v) is 19.1. The summed E-state index contributed by atoms with van der Waals surface area (Å²) in [6.07, 6.45) is 2.51. The fourth-order valence-corrected chi connectivity index (χ4v) is 4.03. The Hall–Kier alpha value is -3.74. The first-order valence-electron chi connectivity index (χ1n) is 11.1. The molecule has 0 radical (unpaired) electrons. The second-order valence-electron chi connectivity index (χ2n) is 8.58. The van der Waals surface area contributed by atoms with Gasteiger partial charge in [0.25, 0.3) is 5.91 Å². The van der Waals surface area contributed by atoms with Gasteiger partial charge in [0.1, 0.15) is 5.92 Å². The first kappa shape index (κ1) is 22.5. The lowest BCUT2D eigenvalue weighted by atomic mass is 9.87. The van der Waals surface area contributed by atoms with Crippen molar-refractivity contribution in [3.05, 3.63) is 82.8 Å². The summed E-state index contributed by atoms with van der Waals surface area (Å²) in [6.45, 7) is 7.93. The van der Waals surface area contributed by atoms with Crippen LogP contribution in [0, 0.1) is 12.8 Å². The van der Waals surface area contributed by atoms with Crippen molar-refractivity contribution in [2.75, 3.05) is 4.90 Å². The summed E-state index contributed by atoms with van der Waals surface area (Å²) in [5, 5.41) is 8.15. The molecular formula is C26H26N4O3. The van der Waals surface area contributed by atoms with Gasteiger partial charge in [-0.3, -0.25) is 24.3 Å². The standard InChI is InChI=1S/C26H26N4O3/c1-5-17-7-12-20(27-14-17)23-22(24(31)19-10-8-18(9-11-19)15(2)3)25(32)26(33)30(23)21-13-6-16(4)28-29-21/h6-15,22-23H,5H2,1-4H3. The van der Waals surface area contributed by atoms with E-state index in [1.54, 1.807) is 43.5 Å². The summed E-state index contributed by atoms with van der Waals surface area (Å²) in [5.41, 5.74) is 3.63. The van der Waals surface area contributed by atoms with E-state index in [4.69, 9.17) is 0 Å². The average molecular weight is 443 g/mol. The van der Waals surface area contributed by atoms with Crippen LogP contribution in [0.25, 0.3) is 0 Å². The number of nitrogens with zero attached hydrogens (tertiary/aromatic N) is 4. The number of hydrogen-bond donors (Lipinski definition) is 0. The van der Waals surface area contributed by atoms with Crippen molar-refractivity contribution in [3.8, 4) is 0 Å². The monoisotopic (exact) mass is 442 g/mol. The van der Waals surface area contributed by atoms with Gasteiger partial charge in [0.2, 0.25) is 5.78 Å². The SMILES string of the molecule is CCc1ccc(C2C(C(=O)c3ccc(C(C)C)cc3)C(=O)C(=O)N2c2ccc(C)nn2)nc1. The second kappa shape index (κ2) is 9.02. The molecule has 0 bridgehead atoms. The van der Waals surface area contributed by atoms with Gasteiger partial charge in [-0.25, -0.2) is 0 Å². The van der Waals surface area contributed by atoms with Gasteiger partial charge >= 0.3 is 0 Å². The normalized spacial score (nSPS) is 18.3. The lowest BCUT2D eigenvalue weighted by Gasteiger charge is -2.25. The van der Waals surface area contributed by atoms with E-state index < -0.39 is 29.4 Å². The average Bonchev–Trinajstić information content (AvgIpc) is 3.09. The number of benzene rings is 1. The van der Waals surface area contributed by atoms with Crippen LogP contribution in [0.15, 0.2) is 54.7 Å². The molecule has 4 rings (SSSR count). The molecule has 0 spiro atoms. The van der Waals surface area contributed by atoms with E-state index in [1.807, 2.05) is 25.1 Å². The highest BCUT2D eigenvalue weighted by Crippen LogP contribution is 2.39. The molecule has 1 aliphatic rings. The number of aromatic nitrogens is 3. The summed E-state index contributed by atoms with van der Waals surface area (Å²) in [7, 11) is 0. The molecule has 7 nitrogen and oxygen atoms in total. The smallest absolute Gasteiger partial charge is 0.293 e. The Morgan fingerprint density at radius 3 is 2.27 bits per heavy atom. The predicted molar refractivity (Wildman–Crippen MR) is 124 cm³/mol. The molecule has 2 aromatic heterocycles. The fraction of sp³-hybridized carbons (Fsp3) is 0.308. The van der Waals surface area contributed by atoms with E-state index in [9.17, 15) is 14.4 Å². The van der Waals surface area contributed by atoms with Crippen molar-refractivity contribution in [1.82, 2.24) is 15.2 Å². The van der Waals surface area contributed by atoms with E-state index in [1.165, 1.54) is 4.90 Å². The molecule has 1 aliphatic heterocycles. The zero-order valence-electron chi connectivity index (χ0n) is 19.1. The quantitative estimate of drug-likeness (QED) is 0.325. The maximum atomic E-state index is 13.6. The van der Waals surface area contributed by atoms with Gasteiger partial charge in [-0.2, -0.15) is 5.10 Å². The van der Waals surface area contributed by atoms with Crippen LogP contribution in [0.2, 0.25) is 0 Å². The van der Waals surface area contributed by atoms with Gasteiger partial charge in [0.05, 0.1) is 17.4 Å². The van der Waals surface area contributed by atoms with Crippen molar-refractivity contribution >= 4 is 23.3 Å². The molecule has 33 heavy (non-hydrogen) atoms. The predicted octanol–water partition coefficient (Wildman–Crippen LogP) is 4.02. The molecule has 2 atom stereocenters. The van der Waals surface area contributed by atoms with Crippen molar-refractivity contribution in [2.24, 2.45) is 5.92 Å². The summed E-state index contributed by atoms with van der Waals surface area (Å²) >= 11 is 0. The molecule has 1 aromatic carbocycles. The molecular weight excluding hydrogens is 416 g/mol. The Morgan fingerprint density at radius 1 is 1.00 bits per heavy atom. The van der Waals surface area contributed by atoms with Crippen LogP contribution in [0.3, 0.4) is 0 Å². The minimum atomic E-state index is -1.22. The van der Waals surface area contributed by atoms with Crippen molar-refractivity contribution < 1.29 is 14.4 Å². The van der Waals surface area contributed by atoms with E-state index in [2.05, 4.69) is 29.0 Å². The van der Waals surface area contributed by atoms with Crippen LogP contribution in [0.4, 0.5) is 5.82 Å². The number of ketones is 2. The van der Waals surface area contributed by atoms with Gasteiger partial charge in [0, 0.05) is 11.8 Å². The van der Waals surface area contributed by atoms with Crippen LogP contribution < -0.4 is 4.90 Å². The van der Waals surface area contributed by atoms with Crippen molar-refractivity contribution in [1.29, 1.82) is 0 Å². The number of carbonyl (C=O) groups excluding carboxylic acids is 3. The molecule has 0 N–H and O–H groups in total. The van der Waals surface area contributed by atoms with Gasteiger partial charge in [0.15, 0.2) is 11.6 Å². The number of hydrogen-bond acceptors (Lipinski definition) is 6. The highest BCUT2D eigenvalue weighted by atomic mass is 16.2. The molecule has 7 heteroatoms. The van der Waals surface area contributed by atoms with Crippen LogP contribution >= 0.6 is 0 Å². The number of anilines is 1. The minimum absolute atomic E-state index is 0.218. The third kappa shape index (κ3) is 4.18. The van der Waals surface area contributed by atoms with Crippen LogP contribution in [-0.4, -0.2) is 32.7 Å². The Kier molecular flexibility index (Phi) is 6.14. The number of pyridine rings is 1. The van der Waals surface area contributed by atoms with Crippen molar-refractivity contribution in [2.45, 2.75) is 46.1 Å². The number of rotatable bonds is 6. The summed E-state index contributed by atoms with van der Waals surface area (Å²) < 4.78 is 0. The largest absolute Gasteiger partial charge is 0.297 e. The first-order chi connectivity index (χ1) is 15.8. The Labute approximate surface area is 192 Å². The molecule has 3 heterocycles. The van der Waals surface area contributed by atoms with E-state index in [0.717, 1.165) is 17.5 Å². The van der Waals surface area contributed by atoms with Gasteiger partial charge in [-0.15, -0.1) is 5.10 Å². The third-order valence-corrected chi connectivity index (χ3v) is 6.04. The Balaban J connectivity index is 1.80. The summed E-state index contributed by atoms with van der Waals surface area (Å²) in [4.78, 5) is 45.6. The minimum Gasteiger partial charge on any atom is -0.293 e. The second-order valence-corrected chi connectivity index (χ2v) is 8.58. The number of aryl methyl sites for hydroxylation is 2.